The van der Waals surface area contributed by atoms with E-state index >= 15 is 0 Å². The molecule has 0 aromatic heterocycles. The summed E-state index contributed by atoms with van der Waals surface area (Å²) in [6, 6.07) is 0.847. The van der Waals surface area contributed by atoms with Gasteiger partial charge in [0.25, 0.3) is 0 Å². The maximum atomic E-state index is 2.49. The van der Waals surface area contributed by atoms with Gasteiger partial charge in [-0.1, -0.05) is 13.8 Å². The van der Waals surface area contributed by atoms with Crippen LogP contribution in [0.4, 0.5) is 0 Å². The molecule has 1 nitrogen and oxygen atoms in total. The quantitative estimate of drug-likeness (QED) is 0.496. The smallest absolute Gasteiger partial charge is 0.0105 e. The van der Waals surface area contributed by atoms with Gasteiger partial charge in [0.2, 0.25) is 0 Å². The lowest BCUT2D eigenvalue weighted by Gasteiger charge is -2.44. The lowest BCUT2D eigenvalue weighted by atomic mass is 9.92. The van der Waals surface area contributed by atoms with E-state index in [1.807, 2.05) is 0 Å². The van der Waals surface area contributed by atoms with E-state index < -0.39 is 0 Å². The van der Waals surface area contributed by atoms with Crippen molar-refractivity contribution in [2.45, 2.75) is 26.8 Å². The molecule has 8 heavy (non-hydrogen) atoms. The summed E-state index contributed by atoms with van der Waals surface area (Å²) >= 11 is 0. The van der Waals surface area contributed by atoms with E-state index in [4.69, 9.17) is 0 Å². The fourth-order valence-corrected chi connectivity index (χ4v) is 1.33. The summed E-state index contributed by atoms with van der Waals surface area (Å²) < 4.78 is 0. The molecule has 1 rings (SSSR count). The van der Waals surface area contributed by atoms with Gasteiger partial charge in [-0.3, -0.25) is 0 Å². The molecule has 0 aromatic rings. The van der Waals surface area contributed by atoms with Gasteiger partial charge in [0.15, 0.2) is 0 Å². The number of rotatable bonds is 1. The van der Waals surface area contributed by atoms with Crippen LogP contribution in [0.1, 0.15) is 20.8 Å². The number of likely N-dealkylation sites (tertiary alicyclic amines) is 1. The zero-order valence-corrected chi connectivity index (χ0v) is 6.02. The van der Waals surface area contributed by atoms with Crippen LogP contribution in [0.25, 0.3) is 0 Å². The van der Waals surface area contributed by atoms with Gasteiger partial charge in [0, 0.05) is 12.6 Å². The Morgan fingerprint density at radius 3 is 2.25 bits per heavy atom. The highest BCUT2D eigenvalue weighted by Gasteiger charge is 2.29. The van der Waals surface area contributed by atoms with Crippen LogP contribution in [0.3, 0.4) is 0 Å². The number of hydrogen-bond donors (Lipinski definition) is 0. The first-order chi connectivity index (χ1) is 3.75. The van der Waals surface area contributed by atoms with E-state index in [-0.39, 0.29) is 0 Å². The third-order valence-corrected chi connectivity index (χ3v) is 2.33. The first-order valence-corrected chi connectivity index (χ1v) is 3.49. The van der Waals surface area contributed by atoms with Gasteiger partial charge in [-0.05, 0) is 19.4 Å². The monoisotopic (exact) mass is 113 g/mol. The lowest BCUT2D eigenvalue weighted by Crippen LogP contribution is -2.52. The summed E-state index contributed by atoms with van der Waals surface area (Å²) in [5, 5.41) is 0. The van der Waals surface area contributed by atoms with Crippen LogP contribution in [0, 0.1) is 5.92 Å². The van der Waals surface area contributed by atoms with Crippen molar-refractivity contribution in [1.29, 1.82) is 0 Å². The fraction of sp³-hybridized carbons (Fsp3) is 1.00. The fourth-order valence-electron chi connectivity index (χ4n) is 1.33. The highest BCUT2D eigenvalue weighted by molar-refractivity contribution is 4.84. The molecule has 1 aliphatic rings. The van der Waals surface area contributed by atoms with Crippen LogP contribution in [-0.4, -0.2) is 24.0 Å². The molecule has 1 saturated heterocycles. The third-order valence-electron chi connectivity index (χ3n) is 2.33. The first-order valence-electron chi connectivity index (χ1n) is 3.49. The molecular formula is C7H15N. The molecule has 1 aliphatic heterocycles. The van der Waals surface area contributed by atoms with Gasteiger partial charge in [-0.25, -0.2) is 0 Å². The molecule has 48 valence electrons. The van der Waals surface area contributed by atoms with E-state index in [0.717, 1.165) is 12.0 Å². The van der Waals surface area contributed by atoms with Crippen LogP contribution in [0.2, 0.25) is 0 Å². The highest BCUT2D eigenvalue weighted by atomic mass is 15.2. The topological polar surface area (TPSA) is 3.24 Å². The molecule has 0 N–H and O–H groups in total. The Kier molecular flexibility index (Phi) is 1.57. The van der Waals surface area contributed by atoms with Crippen LogP contribution in [0.5, 0.6) is 0 Å². The average molecular weight is 113 g/mol. The van der Waals surface area contributed by atoms with Gasteiger partial charge < -0.3 is 4.90 Å². The summed E-state index contributed by atoms with van der Waals surface area (Å²) in [7, 11) is 0. The number of nitrogens with zero attached hydrogens (tertiary/aromatic N) is 1. The van der Waals surface area contributed by atoms with Crippen LogP contribution >= 0.6 is 0 Å². The average Bonchev–Trinajstić information content (AvgIpc) is 1.81. The van der Waals surface area contributed by atoms with Crippen molar-refractivity contribution in [3.63, 3.8) is 0 Å². The van der Waals surface area contributed by atoms with Crippen LogP contribution < -0.4 is 0 Å². The molecule has 0 unspecified atom stereocenters. The molecule has 0 aliphatic carbocycles. The summed E-state index contributed by atoms with van der Waals surface area (Å²) in [6.07, 6.45) is 0. The summed E-state index contributed by atoms with van der Waals surface area (Å²) in [4.78, 5) is 2.49. The Bertz CT molecular complexity index is 80.5. The van der Waals surface area contributed by atoms with Gasteiger partial charge in [0.05, 0.1) is 0 Å². The molecular weight excluding hydrogens is 98.1 g/mol. The number of hydrogen-bond acceptors (Lipinski definition) is 1. The van der Waals surface area contributed by atoms with Gasteiger partial charge in [-0.15, -0.1) is 0 Å². The van der Waals surface area contributed by atoms with Crippen molar-refractivity contribution < 1.29 is 0 Å². The Morgan fingerprint density at radius 1 is 1.50 bits per heavy atom. The summed E-state index contributed by atoms with van der Waals surface area (Å²) in [5.41, 5.74) is 0. The molecule has 2 atom stereocenters. The molecule has 0 saturated carbocycles. The molecule has 0 bridgehead atoms. The van der Waals surface area contributed by atoms with E-state index in [9.17, 15) is 0 Å². The Balaban J connectivity index is 2.25. The van der Waals surface area contributed by atoms with Crippen molar-refractivity contribution in [2.24, 2.45) is 5.92 Å². The van der Waals surface area contributed by atoms with E-state index in [2.05, 4.69) is 25.7 Å². The van der Waals surface area contributed by atoms with Crippen molar-refractivity contribution in [3.05, 3.63) is 0 Å². The second-order valence-corrected chi connectivity index (χ2v) is 2.81. The molecule has 0 radical (unpaired) electrons. The predicted octanol–water partition coefficient (Wildman–Crippen LogP) is 1.35. The highest BCUT2D eigenvalue weighted by Crippen LogP contribution is 2.22. The van der Waals surface area contributed by atoms with Gasteiger partial charge in [0.1, 0.15) is 0 Å². The molecule has 0 spiro atoms. The van der Waals surface area contributed by atoms with Crippen molar-refractivity contribution in [2.75, 3.05) is 13.1 Å². The minimum Gasteiger partial charge on any atom is -0.300 e. The van der Waals surface area contributed by atoms with Crippen molar-refractivity contribution in [1.82, 2.24) is 4.90 Å². The predicted molar refractivity (Wildman–Crippen MR) is 35.9 cm³/mol. The molecule has 0 amide bonds. The van der Waals surface area contributed by atoms with Crippen LogP contribution in [0.15, 0.2) is 0 Å². The van der Waals surface area contributed by atoms with Crippen molar-refractivity contribution >= 4 is 0 Å². The Morgan fingerprint density at radius 2 is 2.12 bits per heavy atom. The molecule has 1 fully saturated rings. The lowest BCUT2D eigenvalue weighted by molar-refractivity contribution is 0.0445. The largest absolute Gasteiger partial charge is 0.300 e. The molecule has 1 heterocycles. The molecule has 1 heteroatoms. The minimum absolute atomic E-state index is 0.847. The standard InChI is InChI=1S/C7H15N/c1-4-8-5-6(2)7(8)3/h6-7H,4-5H2,1-3H3/t6-,7+/m1/s1. The van der Waals surface area contributed by atoms with E-state index in [1.165, 1.54) is 13.1 Å². The molecule has 0 aromatic carbocycles. The zero-order valence-electron chi connectivity index (χ0n) is 6.02. The SMILES string of the molecule is CCN1C[C@@H](C)[C@@H]1C. The van der Waals surface area contributed by atoms with Crippen LogP contribution in [-0.2, 0) is 0 Å². The summed E-state index contributed by atoms with van der Waals surface area (Å²) in [5.74, 6) is 0.940. The second-order valence-electron chi connectivity index (χ2n) is 2.81. The third kappa shape index (κ3) is 0.752. The van der Waals surface area contributed by atoms with Gasteiger partial charge in [-0.2, -0.15) is 0 Å². The maximum absolute atomic E-state index is 2.49. The van der Waals surface area contributed by atoms with Crippen molar-refractivity contribution in [3.8, 4) is 0 Å². The van der Waals surface area contributed by atoms with E-state index in [0.29, 0.717) is 0 Å². The summed E-state index contributed by atoms with van der Waals surface area (Å²) in [6.45, 7) is 9.39. The minimum atomic E-state index is 0.847. The second kappa shape index (κ2) is 2.06. The maximum Gasteiger partial charge on any atom is 0.0105 e. The van der Waals surface area contributed by atoms with E-state index in [1.54, 1.807) is 0 Å². The Hall–Kier alpha value is -0.0400. The zero-order chi connectivity index (χ0) is 6.15. The van der Waals surface area contributed by atoms with Gasteiger partial charge >= 0.3 is 0 Å². The Labute approximate surface area is 51.7 Å². The first kappa shape index (κ1) is 6.09. The normalized spacial score (nSPS) is 39.4.